The highest BCUT2D eigenvalue weighted by Crippen LogP contribution is 2.36. The molecule has 0 fully saturated rings. The number of quaternary nitrogens is 1. The molecule has 0 aliphatic heterocycles. The van der Waals surface area contributed by atoms with Crippen LogP contribution in [0.3, 0.4) is 0 Å². The molecule has 0 unspecified atom stereocenters. The Labute approximate surface area is 96.7 Å². The lowest BCUT2D eigenvalue weighted by molar-refractivity contribution is -0.858. The second-order valence-electron chi connectivity index (χ2n) is 3.80. The molecule has 0 heterocycles. The summed E-state index contributed by atoms with van der Waals surface area (Å²) < 4.78 is 16.2. The number of benzene rings is 1. The van der Waals surface area contributed by atoms with Gasteiger partial charge in [0.05, 0.1) is 28.3 Å². The summed E-state index contributed by atoms with van der Waals surface area (Å²) >= 11 is 0. The molecule has 16 heavy (non-hydrogen) atoms. The van der Waals surface area contributed by atoms with Crippen LogP contribution in [0.2, 0.25) is 0 Å². The van der Waals surface area contributed by atoms with E-state index >= 15 is 0 Å². The summed E-state index contributed by atoms with van der Waals surface area (Å²) in [6.07, 6.45) is 0. The van der Waals surface area contributed by atoms with Gasteiger partial charge in [0.2, 0.25) is 5.75 Å². The Morgan fingerprint density at radius 3 is 2.06 bits per heavy atom. The Morgan fingerprint density at radius 2 is 1.62 bits per heavy atom. The minimum absolute atomic E-state index is 0.638. The zero-order chi connectivity index (χ0) is 12.0. The molecule has 0 radical (unpaired) electrons. The van der Waals surface area contributed by atoms with Crippen molar-refractivity contribution in [2.24, 2.45) is 0 Å². The van der Waals surface area contributed by atoms with E-state index in [-0.39, 0.29) is 0 Å². The van der Waals surface area contributed by atoms with E-state index in [1.807, 2.05) is 18.2 Å². The van der Waals surface area contributed by atoms with E-state index in [2.05, 4.69) is 14.1 Å². The molecule has 90 valence electrons. The van der Waals surface area contributed by atoms with Gasteiger partial charge in [0, 0.05) is 0 Å². The van der Waals surface area contributed by atoms with Crippen molar-refractivity contribution in [3.05, 3.63) is 18.2 Å². The molecule has 0 spiro atoms. The lowest BCUT2D eigenvalue weighted by atomic mass is 10.3. The van der Waals surface area contributed by atoms with Crippen molar-refractivity contribution in [1.29, 1.82) is 0 Å². The largest absolute Gasteiger partial charge is 0.493 e. The third-order valence-electron chi connectivity index (χ3n) is 2.23. The molecule has 1 aromatic carbocycles. The standard InChI is InChI=1S/C12H19NO3/c1-13(2)8-9-16-12-10(14-3)6-5-7-11(12)15-4/h5-7H,8-9H2,1-4H3/p+1. The van der Waals surface area contributed by atoms with Gasteiger partial charge in [-0.3, -0.25) is 0 Å². The molecule has 0 saturated heterocycles. The molecule has 0 atom stereocenters. The van der Waals surface area contributed by atoms with Crippen molar-refractivity contribution in [1.82, 2.24) is 0 Å². The Balaban J connectivity index is 2.74. The molecule has 0 saturated carbocycles. The molecule has 1 N–H and O–H groups in total. The summed E-state index contributed by atoms with van der Waals surface area (Å²) in [5.41, 5.74) is 0. The first kappa shape index (κ1) is 12.6. The van der Waals surface area contributed by atoms with Crippen molar-refractivity contribution in [2.45, 2.75) is 0 Å². The monoisotopic (exact) mass is 226 g/mol. The highest BCUT2D eigenvalue weighted by atomic mass is 16.5. The van der Waals surface area contributed by atoms with Crippen LogP contribution in [-0.2, 0) is 0 Å². The van der Waals surface area contributed by atoms with Crippen LogP contribution in [0.15, 0.2) is 18.2 Å². The number of rotatable bonds is 6. The Morgan fingerprint density at radius 1 is 1.06 bits per heavy atom. The van der Waals surface area contributed by atoms with Gasteiger partial charge in [-0.1, -0.05) is 6.07 Å². The van der Waals surface area contributed by atoms with Gasteiger partial charge in [-0.2, -0.15) is 0 Å². The van der Waals surface area contributed by atoms with Crippen LogP contribution in [0.5, 0.6) is 17.2 Å². The van der Waals surface area contributed by atoms with Gasteiger partial charge in [0.1, 0.15) is 13.2 Å². The number of nitrogens with one attached hydrogen (secondary N) is 1. The van der Waals surface area contributed by atoms with E-state index in [1.165, 1.54) is 4.90 Å². The first-order valence-corrected chi connectivity index (χ1v) is 5.32. The highest BCUT2D eigenvalue weighted by molar-refractivity contribution is 5.51. The van der Waals surface area contributed by atoms with E-state index < -0.39 is 0 Å². The van der Waals surface area contributed by atoms with Gasteiger partial charge in [0.15, 0.2) is 11.5 Å². The zero-order valence-corrected chi connectivity index (χ0v) is 10.4. The van der Waals surface area contributed by atoms with Crippen molar-refractivity contribution >= 4 is 0 Å². The lowest BCUT2D eigenvalue weighted by Crippen LogP contribution is -3.06. The summed E-state index contributed by atoms with van der Waals surface area (Å²) in [4.78, 5) is 1.34. The predicted molar refractivity (Wildman–Crippen MR) is 62.7 cm³/mol. The number of hydrogen-bond donors (Lipinski definition) is 1. The number of ether oxygens (including phenoxy) is 3. The maximum Gasteiger partial charge on any atom is 0.203 e. The summed E-state index contributed by atoms with van der Waals surface area (Å²) in [6, 6.07) is 5.60. The summed E-state index contributed by atoms with van der Waals surface area (Å²) in [5.74, 6) is 2.08. The van der Waals surface area contributed by atoms with Gasteiger partial charge in [-0.15, -0.1) is 0 Å². The number of hydrogen-bond acceptors (Lipinski definition) is 3. The average Bonchev–Trinajstić information content (AvgIpc) is 2.28. The van der Waals surface area contributed by atoms with E-state index in [1.54, 1.807) is 14.2 Å². The van der Waals surface area contributed by atoms with Crippen molar-refractivity contribution < 1.29 is 19.1 Å². The number of methoxy groups -OCH3 is 2. The zero-order valence-electron chi connectivity index (χ0n) is 10.4. The van der Waals surface area contributed by atoms with Gasteiger partial charge in [-0.05, 0) is 12.1 Å². The highest BCUT2D eigenvalue weighted by Gasteiger charge is 2.11. The average molecular weight is 226 g/mol. The van der Waals surface area contributed by atoms with E-state index in [0.717, 1.165) is 6.54 Å². The third kappa shape index (κ3) is 3.31. The van der Waals surface area contributed by atoms with Crippen LogP contribution in [0.1, 0.15) is 0 Å². The van der Waals surface area contributed by atoms with E-state index in [0.29, 0.717) is 23.9 Å². The molecule has 0 amide bonds. The normalized spacial score (nSPS) is 10.3. The minimum Gasteiger partial charge on any atom is -0.493 e. The number of para-hydroxylation sites is 1. The van der Waals surface area contributed by atoms with E-state index in [4.69, 9.17) is 14.2 Å². The molecular weight excluding hydrogens is 206 g/mol. The van der Waals surface area contributed by atoms with Gasteiger partial charge in [-0.25, -0.2) is 0 Å². The first-order valence-electron chi connectivity index (χ1n) is 5.32. The Bertz CT molecular complexity index is 304. The fourth-order valence-electron chi connectivity index (χ4n) is 1.32. The smallest absolute Gasteiger partial charge is 0.203 e. The predicted octanol–water partition coefficient (Wildman–Crippen LogP) is 0.227. The van der Waals surface area contributed by atoms with Crippen molar-refractivity contribution in [3.8, 4) is 17.2 Å². The molecule has 4 nitrogen and oxygen atoms in total. The Kier molecular flexibility index (Phi) is 4.92. The summed E-state index contributed by atoms with van der Waals surface area (Å²) in [7, 11) is 7.42. The topological polar surface area (TPSA) is 32.1 Å². The third-order valence-corrected chi connectivity index (χ3v) is 2.23. The molecule has 4 heteroatoms. The summed E-state index contributed by atoms with van der Waals surface area (Å²) in [5, 5.41) is 0. The summed E-state index contributed by atoms with van der Waals surface area (Å²) in [6.45, 7) is 1.57. The van der Waals surface area contributed by atoms with Gasteiger partial charge >= 0.3 is 0 Å². The van der Waals surface area contributed by atoms with Crippen molar-refractivity contribution in [2.75, 3.05) is 41.5 Å². The molecule has 1 rings (SSSR count). The number of likely N-dealkylation sites (N-methyl/N-ethyl adjacent to an activating group) is 1. The SMILES string of the molecule is COc1cccc(OC)c1OCC[NH+](C)C. The van der Waals surface area contributed by atoms with Crippen LogP contribution >= 0.6 is 0 Å². The Hall–Kier alpha value is -1.42. The van der Waals surface area contributed by atoms with Crippen molar-refractivity contribution in [3.63, 3.8) is 0 Å². The molecule has 0 bridgehead atoms. The van der Waals surface area contributed by atoms with Gasteiger partial charge in [0.25, 0.3) is 0 Å². The molecule has 0 aliphatic carbocycles. The lowest BCUT2D eigenvalue weighted by Gasteiger charge is -2.14. The maximum atomic E-state index is 5.69. The molecule has 1 aromatic rings. The fourth-order valence-corrected chi connectivity index (χ4v) is 1.32. The van der Waals surface area contributed by atoms with Crippen LogP contribution < -0.4 is 19.1 Å². The second kappa shape index (κ2) is 6.23. The minimum atomic E-state index is 0.638. The molecule has 0 aromatic heterocycles. The van der Waals surface area contributed by atoms with Crippen LogP contribution in [0, 0.1) is 0 Å². The quantitative estimate of drug-likeness (QED) is 0.753. The first-order chi connectivity index (χ1) is 7.69. The molecule has 0 aliphatic rings. The van der Waals surface area contributed by atoms with Gasteiger partial charge < -0.3 is 19.1 Å². The fraction of sp³-hybridized carbons (Fsp3) is 0.500. The molecular formula is C12H20NO3+. The maximum absolute atomic E-state index is 5.69. The van der Waals surface area contributed by atoms with Crippen LogP contribution in [0.25, 0.3) is 0 Å². The van der Waals surface area contributed by atoms with E-state index in [9.17, 15) is 0 Å². The van der Waals surface area contributed by atoms with Crippen LogP contribution in [0.4, 0.5) is 0 Å². The second-order valence-corrected chi connectivity index (χ2v) is 3.80. The van der Waals surface area contributed by atoms with Crippen LogP contribution in [-0.4, -0.2) is 41.5 Å².